The molecule has 0 fully saturated rings. The quantitative estimate of drug-likeness (QED) is 0.222. The summed E-state index contributed by atoms with van der Waals surface area (Å²) in [5.41, 5.74) is 1.35. The second kappa shape index (κ2) is 11.8. The van der Waals surface area contributed by atoms with Gasteiger partial charge in [-0.05, 0) is 60.7 Å². The van der Waals surface area contributed by atoms with Gasteiger partial charge in [-0.3, -0.25) is 9.59 Å². The van der Waals surface area contributed by atoms with Crippen LogP contribution < -0.4 is 10.6 Å². The summed E-state index contributed by atoms with van der Waals surface area (Å²) >= 11 is 12.1. The zero-order valence-electron chi connectivity index (χ0n) is 18.2. The molecule has 0 heterocycles. The molecular weight excluding hydrogens is 545 g/mol. The van der Waals surface area contributed by atoms with Gasteiger partial charge in [-0.2, -0.15) is 0 Å². The van der Waals surface area contributed by atoms with E-state index in [0.717, 1.165) is 12.1 Å². The molecule has 4 rings (SSSR count). The average molecular weight is 561 g/mol. The Balaban J connectivity index is 1.50. The fourth-order valence-electron chi connectivity index (χ4n) is 3.10. The van der Waals surface area contributed by atoms with Crippen LogP contribution in [0.5, 0.6) is 0 Å². The minimum Gasteiger partial charge on any atom is -0.321 e. The number of carbonyl (C=O) groups is 2. The first-order valence-electron chi connectivity index (χ1n) is 10.4. The average Bonchev–Trinajstić information content (AvgIpc) is 2.86. The highest BCUT2D eigenvalue weighted by atomic mass is 35.5. The van der Waals surface area contributed by atoms with Gasteiger partial charge in [0.15, 0.2) is 0 Å². The third kappa shape index (κ3) is 6.39. The normalized spacial score (nSPS) is 10.7. The molecule has 0 unspecified atom stereocenters. The molecule has 0 atom stereocenters. The molecule has 36 heavy (non-hydrogen) atoms. The van der Waals surface area contributed by atoms with Crippen LogP contribution in [-0.4, -0.2) is 11.8 Å². The lowest BCUT2D eigenvalue weighted by molar-refractivity contribution is 0.101. The van der Waals surface area contributed by atoms with E-state index in [1.54, 1.807) is 48.5 Å². The number of halogens is 4. The smallest absolute Gasteiger partial charge is 0.256 e. The summed E-state index contributed by atoms with van der Waals surface area (Å²) in [7, 11) is 2.59. The van der Waals surface area contributed by atoms with Crippen LogP contribution in [0.3, 0.4) is 0 Å². The van der Waals surface area contributed by atoms with Gasteiger partial charge in [-0.1, -0.05) is 69.1 Å². The highest BCUT2D eigenvalue weighted by Gasteiger charge is 2.17. The highest BCUT2D eigenvalue weighted by Crippen LogP contribution is 2.41. The summed E-state index contributed by atoms with van der Waals surface area (Å²) in [6.45, 7) is 0. The van der Waals surface area contributed by atoms with Gasteiger partial charge in [-0.25, -0.2) is 8.78 Å². The number of amides is 2. The number of carbonyl (C=O) groups excluding carboxylic acids is 2. The largest absolute Gasteiger partial charge is 0.321 e. The van der Waals surface area contributed by atoms with Crippen molar-refractivity contribution in [3.8, 4) is 0 Å². The van der Waals surface area contributed by atoms with Crippen molar-refractivity contribution in [3.05, 3.63) is 118 Å². The van der Waals surface area contributed by atoms with Gasteiger partial charge in [0.25, 0.3) is 11.8 Å². The Labute approximate surface area is 223 Å². The van der Waals surface area contributed by atoms with Crippen LogP contribution in [0.15, 0.2) is 94.7 Å². The van der Waals surface area contributed by atoms with Gasteiger partial charge >= 0.3 is 0 Å². The molecule has 10 heteroatoms. The van der Waals surface area contributed by atoms with Gasteiger partial charge in [0.2, 0.25) is 0 Å². The Morgan fingerprint density at radius 3 is 1.39 bits per heavy atom. The van der Waals surface area contributed by atoms with Gasteiger partial charge in [0.05, 0.1) is 32.5 Å². The van der Waals surface area contributed by atoms with Crippen LogP contribution in [0.25, 0.3) is 0 Å². The maximum atomic E-state index is 13.3. The number of benzene rings is 4. The molecule has 4 nitrogen and oxygen atoms in total. The first-order chi connectivity index (χ1) is 17.3. The lowest BCUT2D eigenvalue weighted by Crippen LogP contribution is -2.13. The molecule has 0 saturated heterocycles. The Bertz CT molecular complexity index is 1340. The van der Waals surface area contributed by atoms with Gasteiger partial charge < -0.3 is 10.6 Å². The van der Waals surface area contributed by atoms with Gasteiger partial charge in [-0.15, -0.1) is 0 Å². The first kappa shape index (κ1) is 26.0. The molecule has 0 radical (unpaired) electrons. The topological polar surface area (TPSA) is 58.2 Å². The Morgan fingerprint density at radius 1 is 0.611 bits per heavy atom. The van der Waals surface area contributed by atoms with E-state index >= 15 is 0 Å². The molecule has 182 valence electrons. The lowest BCUT2D eigenvalue weighted by Gasteiger charge is -2.12. The van der Waals surface area contributed by atoms with Crippen LogP contribution in [-0.2, 0) is 0 Å². The van der Waals surface area contributed by atoms with E-state index in [9.17, 15) is 18.4 Å². The van der Waals surface area contributed by atoms with Crippen LogP contribution in [0.4, 0.5) is 20.2 Å². The summed E-state index contributed by atoms with van der Waals surface area (Å²) in [5, 5.41) is 5.56. The molecule has 0 aromatic heterocycles. The van der Waals surface area contributed by atoms with E-state index in [4.69, 9.17) is 23.2 Å². The molecular formula is C26H16Cl2F2N2O2S2. The van der Waals surface area contributed by atoms with E-state index < -0.39 is 23.4 Å². The summed E-state index contributed by atoms with van der Waals surface area (Å²) in [4.78, 5) is 27.2. The number of hydrogen-bond donors (Lipinski definition) is 2. The molecule has 2 N–H and O–H groups in total. The summed E-state index contributed by atoms with van der Waals surface area (Å²) < 4.78 is 26.7. The summed E-state index contributed by atoms with van der Waals surface area (Å²) in [6.07, 6.45) is 0. The van der Waals surface area contributed by atoms with Crippen LogP contribution in [0.1, 0.15) is 20.7 Å². The van der Waals surface area contributed by atoms with Crippen molar-refractivity contribution in [2.24, 2.45) is 0 Å². The van der Waals surface area contributed by atoms with E-state index in [1.165, 1.54) is 45.9 Å². The Morgan fingerprint density at radius 2 is 1.00 bits per heavy atom. The van der Waals surface area contributed by atoms with Crippen molar-refractivity contribution in [1.29, 1.82) is 0 Å². The molecule has 4 aromatic rings. The van der Waals surface area contributed by atoms with Crippen molar-refractivity contribution in [3.63, 3.8) is 0 Å². The molecule has 0 spiro atoms. The van der Waals surface area contributed by atoms with Crippen molar-refractivity contribution in [2.75, 3.05) is 10.6 Å². The molecule has 0 saturated carbocycles. The van der Waals surface area contributed by atoms with E-state index in [0.29, 0.717) is 20.9 Å². The Kier molecular flexibility index (Phi) is 8.53. The minimum atomic E-state index is -0.505. The van der Waals surface area contributed by atoms with E-state index in [2.05, 4.69) is 10.6 Å². The van der Waals surface area contributed by atoms with Gasteiger partial charge in [0.1, 0.15) is 11.6 Å². The maximum Gasteiger partial charge on any atom is 0.256 e. The number of hydrogen-bond acceptors (Lipinski definition) is 4. The molecule has 0 aliphatic heterocycles. The molecule has 0 aliphatic rings. The third-order valence-electron chi connectivity index (χ3n) is 4.84. The molecule has 0 bridgehead atoms. The zero-order valence-corrected chi connectivity index (χ0v) is 21.4. The van der Waals surface area contributed by atoms with E-state index in [-0.39, 0.29) is 21.4 Å². The number of anilines is 2. The summed E-state index contributed by atoms with van der Waals surface area (Å²) in [5.74, 6) is -1.84. The minimum absolute atomic E-state index is 0.0871. The SMILES string of the molecule is O=C(Nc1ccc(F)cc1Cl)c1ccccc1SSc1ccccc1C(=O)Nc1ccc(F)cc1Cl. The van der Waals surface area contributed by atoms with Crippen LogP contribution >= 0.6 is 44.8 Å². The fourth-order valence-corrected chi connectivity index (χ4v) is 5.89. The van der Waals surface area contributed by atoms with Crippen molar-refractivity contribution >= 4 is 68.0 Å². The zero-order chi connectivity index (χ0) is 25.7. The fraction of sp³-hybridized carbons (Fsp3) is 0. The van der Waals surface area contributed by atoms with Crippen molar-refractivity contribution in [1.82, 2.24) is 0 Å². The Hall–Kier alpha value is -3.04. The third-order valence-corrected chi connectivity index (χ3v) is 7.95. The second-order valence-corrected chi connectivity index (χ2v) is 10.3. The predicted octanol–water partition coefficient (Wildman–Crippen LogP) is 8.58. The monoisotopic (exact) mass is 560 g/mol. The molecule has 0 aliphatic carbocycles. The lowest BCUT2D eigenvalue weighted by atomic mass is 10.2. The highest BCUT2D eigenvalue weighted by molar-refractivity contribution is 8.76. The van der Waals surface area contributed by atoms with Crippen molar-refractivity contribution in [2.45, 2.75) is 9.79 Å². The molecule has 2 amide bonds. The van der Waals surface area contributed by atoms with Crippen molar-refractivity contribution < 1.29 is 18.4 Å². The number of nitrogens with one attached hydrogen (secondary N) is 2. The van der Waals surface area contributed by atoms with Gasteiger partial charge in [0, 0.05) is 9.79 Å². The predicted molar refractivity (Wildman–Crippen MR) is 143 cm³/mol. The standard InChI is InChI=1S/C26H16Cl2F2N2O2S2/c27-19-13-15(29)9-11-21(19)31-25(33)17-5-1-3-7-23(17)35-36-24-8-4-2-6-18(24)26(34)32-22-12-10-16(30)14-20(22)28/h1-14H,(H,31,33)(H,32,34). The maximum absolute atomic E-state index is 13.3. The van der Waals surface area contributed by atoms with Crippen LogP contribution in [0.2, 0.25) is 10.0 Å². The summed E-state index contributed by atoms with van der Waals surface area (Å²) in [6, 6.07) is 21.3. The molecule has 4 aromatic carbocycles. The van der Waals surface area contributed by atoms with Crippen LogP contribution in [0, 0.1) is 11.6 Å². The van der Waals surface area contributed by atoms with E-state index in [1.807, 2.05) is 0 Å². The second-order valence-electron chi connectivity index (χ2n) is 7.32. The first-order valence-corrected chi connectivity index (χ1v) is 13.3. The number of rotatable bonds is 7.